The summed E-state index contributed by atoms with van der Waals surface area (Å²) in [5, 5.41) is 2.83. The number of halogens is 1. The molecular formula is C13H12BrNO2S. The summed E-state index contributed by atoms with van der Waals surface area (Å²) in [7, 11) is 0. The molecule has 94 valence electrons. The Bertz CT molecular complexity index is 540. The largest absolute Gasteiger partial charge is 0.469 e. The number of thiol groups is 1. The molecule has 1 heterocycles. The fraction of sp³-hybridized carbons (Fsp3) is 0.154. The lowest BCUT2D eigenvalue weighted by Crippen LogP contribution is -2.25. The lowest BCUT2D eigenvalue weighted by atomic mass is 10.2. The van der Waals surface area contributed by atoms with Crippen LogP contribution in [0.2, 0.25) is 0 Å². The predicted molar refractivity (Wildman–Crippen MR) is 76.1 cm³/mol. The van der Waals surface area contributed by atoms with Crippen molar-refractivity contribution in [1.82, 2.24) is 5.32 Å². The minimum Gasteiger partial charge on any atom is -0.469 e. The lowest BCUT2D eigenvalue weighted by Gasteiger charge is -2.06. The molecule has 0 aliphatic heterocycles. The van der Waals surface area contributed by atoms with Crippen LogP contribution in [0.4, 0.5) is 0 Å². The Balaban J connectivity index is 1.91. The van der Waals surface area contributed by atoms with Gasteiger partial charge in [-0.1, -0.05) is 15.9 Å². The van der Waals surface area contributed by atoms with Gasteiger partial charge >= 0.3 is 0 Å². The number of rotatable bonds is 4. The Morgan fingerprint density at radius 1 is 1.39 bits per heavy atom. The maximum Gasteiger partial charge on any atom is 0.252 e. The highest BCUT2D eigenvalue weighted by molar-refractivity contribution is 9.10. The molecule has 0 spiro atoms. The van der Waals surface area contributed by atoms with Gasteiger partial charge in [0, 0.05) is 22.3 Å². The van der Waals surface area contributed by atoms with E-state index >= 15 is 0 Å². The van der Waals surface area contributed by atoms with E-state index in [1.807, 2.05) is 18.2 Å². The average molecular weight is 326 g/mol. The zero-order chi connectivity index (χ0) is 13.0. The summed E-state index contributed by atoms with van der Waals surface area (Å²) in [6.45, 7) is 0.537. The second-order valence-electron chi connectivity index (χ2n) is 3.75. The van der Waals surface area contributed by atoms with Gasteiger partial charge in [-0.2, -0.15) is 0 Å². The van der Waals surface area contributed by atoms with Crippen LogP contribution in [0.1, 0.15) is 16.1 Å². The van der Waals surface area contributed by atoms with Crippen LogP contribution in [-0.4, -0.2) is 12.5 Å². The zero-order valence-electron chi connectivity index (χ0n) is 9.52. The summed E-state index contributed by atoms with van der Waals surface area (Å²) < 4.78 is 6.09. The maximum absolute atomic E-state index is 11.9. The Kier molecular flexibility index (Phi) is 4.49. The molecule has 18 heavy (non-hydrogen) atoms. The molecular weight excluding hydrogens is 314 g/mol. The Hall–Kier alpha value is -1.20. The molecule has 2 aromatic rings. The molecule has 5 heteroatoms. The summed E-state index contributed by atoms with van der Waals surface area (Å²) >= 11 is 7.61. The Morgan fingerprint density at radius 3 is 2.89 bits per heavy atom. The quantitative estimate of drug-likeness (QED) is 0.847. The molecule has 0 aliphatic rings. The third-order valence-electron chi connectivity index (χ3n) is 2.44. The first-order valence-electron chi connectivity index (χ1n) is 5.46. The second-order valence-corrected chi connectivity index (χ2v) is 5.14. The first kappa shape index (κ1) is 13.2. The van der Waals surface area contributed by atoms with Gasteiger partial charge in [0.05, 0.1) is 11.8 Å². The number of furan rings is 1. The number of amides is 1. The van der Waals surface area contributed by atoms with Gasteiger partial charge in [0.1, 0.15) is 5.76 Å². The summed E-state index contributed by atoms with van der Waals surface area (Å²) in [5.41, 5.74) is 0.570. The number of carbonyl (C=O) groups is 1. The van der Waals surface area contributed by atoms with Crippen molar-refractivity contribution in [3.05, 3.63) is 52.4 Å². The Morgan fingerprint density at radius 2 is 2.22 bits per heavy atom. The molecule has 0 aliphatic carbocycles. The van der Waals surface area contributed by atoms with E-state index in [1.54, 1.807) is 18.4 Å². The molecule has 0 saturated carbocycles. The van der Waals surface area contributed by atoms with Crippen LogP contribution in [0.3, 0.4) is 0 Å². The van der Waals surface area contributed by atoms with E-state index < -0.39 is 0 Å². The Labute approximate surface area is 119 Å². The van der Waals surface area contributed by atoms with E-state index in [1.165, 1.54) is 0 Å². The minimum atomic E-state index is -0.126. The molecule has 3 nitrogen and oxygen atoms in total. The maximum atomic E-state index is 11.9. The van der Waals surface area contributed by atoms with Crippen LogP contribution in [-0.2, 0) is 6.42 Å². The normalized spacial score (nSPS) is 10.3. The topological polar surface area (TPSA) is 42.2 Å². The van der Waals surface area contributed by atoms with Gasteiger partial charge in [0.15, 0.2) is 0 Å². The lowest BCUT2D eigenvalue weighted by molar-refractivity contribution is 0.0951. The third-order valence-corrected chi connectivity index (χ3v) is 3.30. The smallest absolute Gasteiger partial charge is 0.252 e. The first-order chi connectivity index (χ1) is 8.66. The molecule has 0 unspecified atom stereocenters. The highest BCUT2D eigenvalue weighted by Crippen LogP contribution is 2.19. The van der Waals surface area contributed by atoms with Crippen molar-refractivity contribution in [2.45, 2.75) is 11.3 Å². The average Bonchev–Trinajstić information content (AvgIpc) is 2.81. The fourth-order valence-electron chi connectivity index (χ4n) is 1.55. The van der Waals surface area contributed by atoms with Gasteiger partial charge in [-0.05, 0) is 30.3 Å². The number of benzene rings is 1. The van der Waals surface area contributed by atoms with Crippen LogP contribution in [0.5, 0.6) is 0 Å². The molecule has 1 aromatic heterocycles. The van der Waals surface area contributed by atoms with Gasteiger partial charge in [0.2, 0.25) is 0 Å². The monoisotopic (exact) mass is 325 g/mol. The van der Waals surface area contributed by atoms with Gasteiger partial charge in [-0.25, -0.2) is 0 Å². The summed E-state index contributed by atoms with van der Waals surface area (Å²) in [4.78, 5) is 12.6. The minimum absolute atomic E-state index is 0.126. The van der Waals surface area contributed by atoms with Crippen molar-refractivity contribution in [2.24, 2.45) is 0 Å². The molecule has 1 aromatic carbocycles. The second kappa shape index (κ2) is 6.11. The van der Waals surface area contributed by atoms with Crippen LogP contribution in [0.15, 0.2) is 50.4 Å². The highest BCUT2D eigenvalue weighted by atomic mass is 79.9. The number of carbonyl (C=O) groups excluding carboxylic acids is 1. The van der Waals surface area contributed by atoms with Crippen molar-refractivity contribution in [3.8, 4) is 0 Å². The summed E-state index contributed by atoms with van der Waals surface area (Å²) in [6.07, 6.45) is 2.30. The third kappa shape index (κ3) is 3.40. The van der Waals surface area contributed by atoms with E-state index in [-0.39, 0.29) is 5.91 Å². The van der Waals surface area contributed by atoms with E-state index in [4.69, 9.17) is 4.42 Å². The van der Waals surface area contributed by atoms with Gasteiger partial charge in [0.25, 0.3) is 5.91 Å². The van der Waals surface area contributed by atoms with Crippen LogP contribution >= 0.6 is 28.6 Å². The fourth-order valence-corrected chi connectivity index (χ4v) is 2.40. The SMILES string of the molecule is O=C(NCCc1ccco1)c1ccc(Br)cc1S. The molecule has 0 bridgehead atoms. The number of nitrogens with one attached hydrogen (secondary N) is 1. The molecule has 2 rings (SSSR count). The van der Waals surface area contributed by atoms with Crippen molar-refractivity contribution in [2.75, 3.05) is 6.54 Å². The highest BCUT2D eigenvalue weighted by Gasteiger charge is 2.09. The summed E-state index contributed by atoms with van der Waals surface area (Å²) in [5.74, 6) is 0.733. The standard InChI is InChI=1S/C13H12BrNO2S/c14-9-3-4-11(12(18)8-9)13(16)15-6-5-10-2-1-7-17-10/h1-4,7-8,18H,5-6H2,(H,15,16). The van der Waals surface area contributed by atoms with Gasteiger partial charge in [-0.15, -0.1) is 12.6 Å². The van der Waals surface area contributed by atoms with Crippen LogP contribution in [0.25, 0.3) is 0 Å². The summed E-state index contributed by atoms with van der Waals surface area (Å²) in [6, 6.07) is 9.08. The molecule has 0 atom stereocenters. The zero-order valence-corrected chi connectivity index (χ0v) is 12.0. The van der Waals surface area contributed by atoms with Crippen molar-refractivity contribution >= 4 is 34.5 Å². The van der Waals surface area contributed by atoms with Crippen molar-refractivity contribution < 1.29 is 9.21 Å². The predicted octanol–water partition coefficient (Wildman–Crippen LogP) is 3.30. The first-order valence-corrected chi connectivity index (χ1v) is 6.70. The van der Waals surface area contributed by atoms with E-state index in [9.17, 15) is 4.79 Å². The van der Waals surface area contributed by atoms with Crippen LogP contribution in [0, 0.1) is 0 Å². The molecule has 1 amide bonds. The van der Waals surface area contributed by atoms with E-state index in [2.05, 4.69) is 33.9 Å². The van der Waals surface area contributed by atoms with Gasteiger partial charge in [-0.3, -0.25) is 4.79 Å². The molecule has 0 fully saturated rings. The van der Waals surface area contributed by atoms with Crippen LogP contribution < -0.4 is 5.32 Å². The van der Waals surface area contributed by atoms with Crippen molar-refractivity contribution in [3.63, 3.8) is 0 Å². The number of hydrogen-bond donors (Lipinski definition) is 2. The van der Waals surface area contributed by atoms with Crippen molar-refractivity contribution in [1.29, 1.82) is 0 Å². The molecule has 0 saturated heterocycles. The van der Waals surface area contributed by atoms with E-state index in [0.29, 0.717) is 23.4 Å². The number of hydrogen-bond acceptors (Lipinski definition) is 3. The van der Waals surface area contributed by atoms with Gasteiger partial charge < -0.3 is 9.73 Å². The molecule has 1 N–H and O–H groups in total. The molecule has 0 radical (unpaired) electrons. The van der Waals surface area contributed by atoms with E-state index in [0.717, 1.165) is 10.2 Å².